The molecule has 1 unspecified atom stereocenters. The second-order valence-electron chi connectivity index (χ2n) is 10.2. The Morgan fingerprint density at radius 3 is 1.60 bits per heavy atom. The Labute approximate surface area is 254 Å². The number of methoxy groups -OCH3 is 2. The van der Waals surface area contributed by atoms with Gasteiger partial charge in [0.1, 0.15) is 11.5 Å². The third kappa shape index (κ3) is 18.0. The maximum absolute atomic E-state index is 11.7. The standard InChI is InChI=1S/2C18H26O3/c1-4-6-7-15(5-2)14-21-18(19)13-10-16-8-11-17(20-3)12-9-16;1-3-4-5-6-7-8-15-21-18(19)14-11-16-9-12-17(20-2)13-10-16/h8-13,15H,4-7,14H2,1-3H3;9-14H,3-8,15H2,1-2H3. The summed E-state index contributed by atoms with van der Waals surface area (Å²) in [6, 6.07) is 15.1. The monoisotopic (exact) mass is 580 g/mol. The van der Waals surface area contributed by atoms with Crippen LogP contribution in [0.5, 0.6) is 11.5 Å². The van der Waals surface area contributed by atoms with Crippen LogP contribution < -0.4 is 9.47 Å². The number of ether oxygens (including phenoxy) is 4. The average Bonchev–Trinajstić information content (AvgIpc) is 3.03. The van der Waals surface area contributed by atoms with Gasteiger partial charge in [-0.05, 0) is 66.3 Å². The molecule has 0 bridgehead atoms. The van der Waals surface area contributed by atoms with E-state index in [9.17, 15) is 9.59 Å². The highest BCUT2D eigenvalue weighted by Gasteiger charge is 2.08. The van der Waals surface area contributed by atoms with Gasteiger partial charge in [0.2, 0.25) is 0 Å². The van der Waals surface area contributed by atoms with Crippen molar-refractivity contribution in [2.75, 3.05) is 27.4 Å². The zero-order valence-corrected chi connectivity index (χ0v) is 26.4. The van der Waals surface area contributed by atoms with Gasteiger partial charge in [0.25, 0.3) is 0 Å². The normalized spacial score (nSPS) is 11.5. The quantitative estimate of drug-likeness (QED) is 0.0938. The average molecular weight is 581 g/mol. The van der Waals surface area contributed by atoms with Gasteiger partial charge in [0.15, 0.2) is 0 Å². The van der Waals surface area contributed by atoms with E-state index in [4.69, 9.17) is 18.9 Å². The summed E-state index contributed by atoms with van der Waals surface area (Å²) >= 11 is 0. The molecule has 0 saturated carbocycles. The van der Waals surface area contributed by atoms with E-state index in [1.807, 2.05) is 48.5 Å². The van der Waals surface area contributed by atoms with Gasteiger partial charge >= 0.3 is 11.9 Å². The summed E-state index contributed by atoms with van der Waals surface area (Å²) in [4.78, 5) is 23.2. The van der Waals surface area contributed by atoms with E-state index < -0.39 is 0 Å². The smallest absolute Gasteiger partial charge is 0.330 e. The molecule has 2 rings (SSSR count). The van der Waals surface area contributed by atoms with E-state index in [0.717, 1.165) is 48.3 Å². The lowest BCUT2D eigenvalue weighted by Crippen LogP contribution is -2.12. The van der Waals surface area contributed by atoms with Crippen molar-refractivity contribution in [3.63, 3.8) is 0 Å². The number of carbonyl (C=O) groups is 2. The van der Waals surface area contributed by atoms with Gasteiger partial charge < -0.3 is 18.9 Å². The van der Waals surface area contributed by atoms with Gasteiger partial charge in [-0.2, -0.15) is 0 Å². The van der Waals surface area contributed by atoms with E-state index in [1.54, 1.807) is 26.4 Å². The molecule has 0 saturated heterocycles. The van der Waals surface area contributed by atoms with Crippen LogP contribution >= 0.6 is 0 Å². The first kappa shape index (κ1) is 36.5. The molecule has 0 spiro atoms. The SMILES string of the molecule is CCCCC(CC)COC(=O)C=Cc1ccc(OC)cc1.CCCCCCCCOC(=O)C=Cc1ccc(OC)cc1. The minimum atomic E-state index is -0.278. The Morgan fingerprint density at radius 1 is 0.643 bits per heavy atom. The van der Waals surface area contributed by atoms with Crippen LogP contribution in [0.25, 0.3) is 12.2 Å². The number of carbonyl (C=O) groups excluding carboxylic acids is 2. The molecular formula is C36H52O6. The van der Waals surface area contributed by atoms with E-state index in [-0.39, 0.29) is 11.9 Å². The van der Waals surface area contributed by atoms with Crippen molar-refractivity contribution >= 4 is 24.1 Å². The van der Waals surface area contributed by atoms with Crippen LogP contribution in [0.1, 0.15) is 96.1 Å². The van der Waals surface area contributed by atoms with Crippen LogP contribution in [0, 0.1) is 5.92 Å². The molecule has 2 aromatic rings. The van der Waals surface area contributed by atoms with Crippen molar-refractivity contribution in [2.24, 2.45) is 5.92 Å². The maximum Gasteiger partial charge on any atom is 0.330 e. The van der Waals surface area contributed by atoms with Crippen molar-refractivity contribution in [3.8, 4) is 11.5 Å². The number of benzene rings is 2. The zero-order valence-electron chi connectivity index (χ0n) is 26.4. The molecule has 2 aromatic carbocycles. The first-order valence-corrected chi connectivity index (χ1v) is 15.4. The van der Waals surface area contributed by atoms with Crippen molar-refractivity contribution in [1.29, 1.82) is 0 Å². The number of unbranched alkanes of at least 4 members (excludes halogenated alkanes) is 6. The molecule has 0 aliphatic rings. The molecule has 0 radical (unpaired) electrons. The minimum Gasteiger partial charge on any atom is -0.497 e. The molecule has 0 fully saturated rings. The summed E-state index contributed by atoms with van der Waals surface area (Å²) in [6.07, 6.45) is 18.2. The summed E-state index contributed by atoms with van der Waals surface area (Å²) in [6.45, 7) is 7.55. The second-order valence-corrected chi connectivity index (χ2v) is 10.2. The van der Waals surface area contributed by atoms with E-state index in [0.29, 0.717) is 19.1 Å². The fraction of sp³-hybridized carbons (Fsp3) is 0.500. The lowest BCUT2D eigenvalue weighted by molar-refractivity contribution is -0.139. The van der Waals surface area contributed by atoms with Crippen LogP contribution in [0.4, 0.5) is 0 Å². The first-order chi connectivity index (χ1) is 20.4. The van der Waals surface area contributed by atoms with E-state index >= 15 is 0 Å². The fourth-order valence-electron chi connectivity index (χ4n) is 4.01. The van der Waals surface area contributed by atoms with Gasteiger partial charge in [-0.25, -0.2) is 9.59 Å². The van der Waals surface area contributed by atoms with Crippen molar-refractivity contribution in [2.45, 2.75) is 85.0 Å². The maximum atomic E-state index is 11.7. The van der Waals surface area contributed by atoms with Gasteiger partial charge in [-0.1, -0.05) is 96.4 Å². The summed E-state index contributed by atoms with van der Waals surface area (Å²) in [5, 5.41) is 0. The summed E-state index contributed by atoms with van der Waals surface area (Å²) < 4.78 is 20.6. The lowest BCUT2D eigenvalue weighted by atomic mass is 10.0. The third-order valence-corrected chi connectivity index (χ3v) is 6.80. The zero-order chi connectivity index (χ0) is 30.8. The lowest BCUT2D eigenvalue weighted by Gasteiger charge is -2.13. The van der Waals surface area contributed by atoms with Gasteiger partial charge in [0.05, 0.1) is 27.4 Å². The van der Waals surface area contributed by atoms with Crippen LogP contribution in [-0.4, -0.2) is 39.4 Å². The molecule has 0 aliphatic carbocycles. The Kier molecular flexibility index (Phi) is 20.9. The molecule has 0 heterocycles. The predicted molar refractivity (Wildman–Crippen MR) is 173 cm³/mol. The molecule has 1 atom stereocenters. The topological polar surface area (TPSA) is 71.1 Å². The van der Waals surface area contributed by atoms with Crippen LogP contribution in [0.3, 0.4) is 0 Å². The number of esters is 2. The molecular weight excluding hydrogens is 528 g/mol. The number of hydrogen-bond acceptors (Lipinski definition) is 6. The Bertz CT molecular complexity index is 1020. The fourth-order valence-corrected chi connectivity index (χ4v) is 4.01. The van der Waals surface area contributed by atoms with Crippen molar-refractivity contribution in [3.05, 3.63) is 71.8 Å². The largest absolute Gasteiger partial charge is 0.497 e. The molecule has 0 aromatic heterocycles. The van der Waals surface area contributed by atoms with Gasteiger partial charge in [-0.3, -0.25) is 0 Å². The predicted octanol–water partition coefficient (Wildman–Crippen LogP) is 9.08. The summed E-state index contributed by atoms with van der Waals surface area (Å²) in [5.74, 6) is 1.53. The van der Waals surface area contributed by atoms with E-state index in [2.05, 4.69) is 20.8 Å². The molecule has 42 heavy (non-hydrogen) atoms. The van der Waals surface area contributed by atoms with Gasteiger partial charge in [-0.15, -0.1) is 0 Å². The molecule has 6 nitrogen and oxygen atoms in total. The third-order valence-electron chi connectivity index (χ3n) is 6.80. The van der Waals surface area contributed by atoms with Crippen LogP contribution in [-0.2, 0) is 19.1 Å². The molecule has 0 N–H and O–H groups in total. The highest BCUT2D eigenvalue weighted by molar-refractivity contribution is 5.87. The van der Waals surface area contributed by atoms with Crippen LogP contribution in [0.2, 0.25) is 0 Å². The van der Waals surface area contributed by atoms with Crippen molar-refractivity contribution < 1.29 is 28.5 Å². The van der Waals surface area contributed by atoms with Crippen LogP contribution in [0.15, 0.2) is 60.7 Å². The van der Waals surface area contributed by atoms with Gasteiger partial charge in [0, 0.05) is 12.2 Å². The molecule has 0 amide bonds. The summed E-state index contributed by atoms with van der Waals surface area (Å²) in [7, 11) is 3.26. The second kappa shape index (κ2) is 24.1. The highest BCUT2D eigenvalue weighted by Crippen LogP contribution is 2.15. The number of hydrogen-bond donors (Lipinski definition) is 0. The Morgan fingerprint density at radius 2 is 1.12 bits per heavy atom. The Balaban J connectivity index is 0.000000420. The highest BCUT2D eigenvalue weighted by atomic mass is 16.5. The summed E-state index contributed by atoms with van der Waals surface area (Å²) in [5.41, 5.74) is 1.90. The first-order valence-electron chi connectivity index (χ1n) is 15.4. The Hall–Kier alpha value is -3.54. The number of rotatable bonds is 19. The molecule has 232 valence electrons. The van der Waals surface area contributed by atoms with E-state index in [1.165, 1.54) is 50.7 Å². The van der Waals surface area contributed by atoms with Crippen molar-refractivity contribution in [1.82, 2.24) is 0 Å². The molecule has 6 heteroatoms. The molecule has 0 aliphatic heterocycles. The minimum absolute atomic E-state index is 0.277.